The van der Waals surface area contributed by atoms with Gasteiger partial charge in [0.2, 0.25) is 5.91 Å². The summed E-state index contributed by atoms with van der Waals surface area (Å²) in [5.74, 6) is -0.179. The highest BCUT2D eigenvalue weighted by atomic mass is 16.7. The number of aliphatic hydroxyl groups excluding tert-OH is 5. The number of aliphatic hydroxyl groups is 5. The Morgan fingerprint density at radius 2 is 0.792 bits per heavy atom. The summed E-state index contributed by atoms with van der Waals surface area (Å²) in [5.41, 5.74) is 0. The zero-order valence-electron chi connectivity index (χ0n) is 47.5. The van der Waals surface area contributed by atoms with Crippen molar-refractivity contribution in [3.05, 3.63) is 24.3 Å². The number of unbranched alkanes of at least 4 members (excludes halogenated alkanes) is 43. The maximum Gasteiger partial charge on any atom is 0.220 e. The summed E-state index contributed by atoms with van der Waals surface area (Å²) in [4.78, 5) is 13.1. The second kappa shape index (κ2) is 53.1. The second-order valence-corrected chi connectivity index (χ2v) is 22.2. The Balaban J connectivity index is 2.17. The number of carbonyl (C=O) groups is 1. The Morgan fingerprint density at radius 3 is 1.17 bits per heavy atom. The molecule has 0 bridgehead atoms. The quantitative estimate of drug-likeness (QED) is 0.0261. The van der Waals surface area contributed by atoms with Crippen molar-refractivity contribution < 1.29 is 39.8 Å². The number of hydrogen-bond acceptors (Lipinski definition) is 8. The smallest absolute Gasteiger partial charge is 0.220 e. The van der Waals surface area contributed by atoms with Crippen molar-refractivity contribution in [3.63, 3.8) is 0 Å². The number of carbonyl (C=O) groups excluding carboxylic acids is 1. The molecule has 1 saturated heterocycles. The Labute approximate surface area is 445 Å². The highest BCUT2D eigenvalue weighted by Crippen LogP contribution is 2.23. The monoisotopic (exact) mass is 1020 g/mol. The molecular formula is C63H121NO8. The molecule has 0 aromatic heterocycles. The van der Waals surface area contributed by atoms with E-state index in [-0.39, 0.29) is 12.5 Å². The number of ether oxygens (including phenoxy) is 2. The largest absolute Gasteiger partial charge is 0.394 e. The molecule has 0 aliphatic carbocycles. The lowest BCUT2D eigenvalue weighted by Crippen LogP contribution is -2.60. The van der Waals surface area contributed by atoms with Gasteiger partial charge in [0.1, 0.15) is 24.4 Å². The van der Waals surface area contributed by atoms with Gasteiger partial charge in [-0.05, 0) is 32.1 Å². The van der Waals surface area contributed by atoms with Crippen molar-refractivity contribution in [3.8, 4) is 0 Å². The van der Waals surface area contributed by atoms with Crippen LogP contribution in [-0.4, -0.2) is 87.5 Å². The lowest BCUT2D eigenvalue weighted by atomic mass is 9.99. The van der Waals surface area contributed by atoms with E-state index in [0.717, 1.165) is 38.5 Å². The number of allylic oxidation sites excluding steroid dienone is 3. The van der Waals surface area contributed by atoms with Gasteiger partial charge in [-0.3, -0.25) is 4.79 Å². The number of amides is 1. The van der Waals surface area contributed by atoms with Gasteiger partial charge in [0.05, 0.1) is 25.4 Å². The molecule has 0 aromatic carbocycles. The molecule has 9 heteroatoms. The third kappa shape index (κ3) is 41.9. The Morgan fingerprint density at radius 1 is 0.458 bits per heavy atom. The van der Waals surface area contributed by atoms with E-state index in [1.807, 2.05) is 6.08 Å². The van der Waals surface area contributed by atoms with Gasteiger partial charge in [-0.1, -0.05) is 301 Å². The van der Waals surface area contributed by atoms with Crippen LogP contribution in [0.1, 0.15) is 316 Å². The molecule has 0 aromatic rings. The van der Waals surface area contributed by atoms with Crippen molar-refractivity contribution in [1.29, 1.82) is 0 Å². The lowest BCUT2D eigenvalue weighted by molar-refractivity contribution is -0.302. The van der Waals surface area contributed by atoms with Crippen LogP contribution in [0.5, 0.6) is 0 Å². The average Bonchev–Trinajstić information content (AvgIpc) is 3.38. The third-order valence-electron chi connectivity index (χ3n) is 15.3. The Bertz CT molecular complexity index is 1180. The molecule has 426 valence electrons. The molecule has 1 aliphatic heterocycles. The van der Waals surface area contributed by atoms with Crippen LogP contribution in [-0.2, 0) is 14.3 Å². The van der Waals surface area contributed by atoms with E-state index in [0.29, 0.717) is 6.42 Å². The first-order valence-corrected chi connectivity index (χ1v) is 31.6. The first kappa shape index (κ1) is 68.7. The van der Waals surface area contributed by atoms with Crippen molar-refractivity contribution in [2.24, 2.45) is 0 Å². The molecule has 1 aliphatic rings. The fourth-order valence-electron chi connectivity index (χ4n) is 10.3. The van der Waals surface area contributed by atoms with E-state index in [4.69, 9.17) is 9.47 Å². The van der Waals surface area contributed by atoms with Gasteiger partial charge in [0.25, 0.3) is 0 Å². The second-order valence-electron chi connectivity index (χ2n) is 22.2. The molecule has 1 rings (SSSR count). The third-order valence-corrected chi connectivity index (χ3v) is 15.3. The van der Waals surface area contributed by atoms with E-state index in [2.05, 4.69) is 31.3 Å². The molecule has 9 nitrogen and oxygen atoms in total. The first-order chi connectivity index (χ1) is 35.3. The van der Waals surface area contributed by atoms with E-state index in [9.17, 15) is 30.3 Å². The van der Waals surface area contributed by atoms with Crippen molar-refractivity contribution in [1.82, 2.24) is 5.32 Å². The van der Waals surface area contributed by atoms with Crippen molar-refractivity contribution >= 4 is 5.91 Å². The predicted molar refractivity (Wildman–Crippen MR) is 304 cm³/mol. The van der Waals surface area contributed by atoms with E-state index in [1.54, 1.807) is 6.08 Å². The summed E-state index contributed by atoms with van der Waals surface area (Å²) in [6.07, 6.45) is 61.2. The van der Waals surface area contributed by atoms with Crippen molar-refractivity contribution in [2.45, 2.75) is 358 Å². The number of rotatable bonds is 55. The summed E-state index contributed by atoms with van der Waals surface area (Å²) >= 11 is 0. The summed E-state index contributed by atoms with van der Waals surface area (Å²) < 4.78 is 11.3. The van der Waals surface area contributed by atoms with Gasteiger partial charge >= 0.3 is 0 Å². The zero-order valence-corrected chi connectivity index (χ0v) is 47.5. The molecule has 7 unspecified atom stereocenters. The minimum absolute atomic E-state index is 0.179. The average molecular weight is 1020 g/mol. The van der Waals surface area contributed by atoms with Crippen LogP contribution in [0, 0.1) is 0 Å². The molecule has 72 heavy (non-hydrogen) atoms. The summed E-state index contributed by atoms with van der Waals surface area (Å²) in [6, 6.07) is -0.819. The molecule has 1 fully saturated rings. The fourth-order valence-corrected chi connectivity index (χ4v) is 10.3. The standard InChI is InChI=1S/C63H121NO8/c1-3-5-7-9-11-13-15-17-19-21-23-25-26-27-28-29-30-31-33-35-37-39-41-43-45-47-49-51-53-59(67)64-56(55-71-63-62(70)61(69)60(68)58(54-65)72-63)57(66)52-50-48-46-44-42-40-38-36-34-32-24-22-20-18-16-14-12-10-8-6-4-2/h42,44,50,52,56-58,60-63,65-66,68-70H,3-41,43,45-49,51,53-55H2,1-2H3,(H,64,67)/b44-42+,52-50+. The van der Waals surface area contributed by atoms with Gasteiger partial charge in [-0.25, -0.2) is 0 Å². The van der Waals surface area contributed by atoms with Gasteiger partial charge in [-0.2, -0.15) is 0 Å². The normalized spacial score (nSPS) is 19.2. The summed E-state index contributed by atoms with van der Waals surface area (Å²) in [6.45, 7) is 3.81. The fraction of sp³-hybridized carbons (Fsp3) is 0.921. The summed E-state index contributed by atoms with van der Waals surface area (Å²) in [5, 5.41) is 54.6. The van der Waals surface area contributed by atoms with E-state index in [1.165, 1.54) is 257 Å². The molecule has 0 radical (unpaired) electrons. The lowest BCUT2D eigenvalue weighted by Gasteiger charge is -2.40. The Kier molecular flexibility index (Phi) is 50.6. The van der Waals surface area contributed by atoms with Gasteiger partial charge < -0.3 is 40.3 Å². The maximum atomic E-state index is 13.1. The SMILES string of the molecule is CCCCCCCCCCCCCCCCC/C=C/CC/C=C/C(O)C(COC1OC(CO)C(O)C(O)C1O)NC(=O)CCCCCCCCCCCCCCCCCCCCCCCCCCCCCC. The van der Waals surface area contributed by atoms with Crippen LogP contribution < -0.4 is 5.32 Å². The predicted octanol–water partition coefficient (Wildman–Crippen LogP) is 16.1. The molecule has 1 amide bonds. The molecule has 6 N–H and O–H groups in total. The minimum atomic E-state index is -1.57. The summed E-state index contributed by atoms with van der Waals surface area (Å²) in [7, 11) is 0. The van der Waals surface area contributed by atoms with E-state index >= 15 is 0 Å². The molecule has 1 heterocycles. The zero-order chi connectivity index (χ0) is 52.2. The van der Waals surface area contributed by atoms with Gasteiger partial charge in [0, 0.05) is 6.42 Å². The van der Waals surface area contributed by atoms with Crippen LogP contribution in [0.2, 0.25) is 0 Å². The molecule has 7 atom stereocenters. The number of hydrogen-bond donors (Lipinski definition) is 6. The highest BCUT2D eigenvalue weighted by molar-refractivity contribution is 5.76. The topological polar surface area (TPSA) is 149 Å². The van der Waals surface area contributed by atoms with Crippen LogP contribution in [0.15, 0.2) is 24.3 Å². The van der Waals surface area contributed by atoms with Crippen molar-refractivity contribution in [2.75, 3.05) is 13.2 Å². The highest BCUT2D eigenvalue weighted by Gasteiger charge is 2.44. The molecule has 0 spiro atoms. The Hall–Kier alpha value is -1.33. The van der Waals surface area contributed by atoms with Gasteiger partial charge in [-0.15, -0.1) is 0 Å². The van der Waals surface area contributed by atoms with Gasteiger partial charge in [0.15, 0.2) is 6.29 Å². The maximum absolute atomic E-state index is 13.1. The van der Waals surface area contributed by atoms with E-state index < -0.39 is 49.5 Å². The van der Waals surface area contributed by atoms with Crippen LogP contribution >= 0.6 is 0 Å². The minimum Gasteiger partial charge on any atom is -0.394 e. The van der Waals surface area contributed by atoms with Crippen LogP contribution in [0.25, 0.3) is 0 Å². The van der Waals surface area contributed by atoms with Crippen LogP contribution in [0.4, 0.5) is 0 Å². The van der Waals surface area contributed by atoms with Crippen LogP contribution in [0.3, 0.4) is 0 Å². The molecular weight excluding hydrogens is 899 g/mol. The first-order valence-electron chi connectivity index (χ1n) is 31.6. The number of nitrogens with one attached hydrogen (secondary N) is 1. The molecule has 0 saturated carbocycles.